The summed E-state index contributed by atoms with van der Waals surface area (Å²) in [5.41, 5.74) is 1.39. The van der Waals surface area contributed by atoms with Gasteiger partial charge in [-0.1, -0.05) is 11.6 Å². The molecule has 0 atom stereocenters. The number of benzene rings is 2. The van der Waals surface area contributed by atoms with Gasteiger partial charge < -0.3 is 18.8 Å². The monoisotopic (exact) mass is 376 g/mol. The van der Waals surface area contributed by atoms with E-state index in [4.69, 9.17) is 25.5 Å². The third kappa shape index (κ3) is 3.25. The van der Waals surface area contributed by atoms with Crippen molar-refractivity contribution in [2.75, 3.05) is 26.2 Å². The van der Waals surface area contributed by atoms with Crippen LogP contribution >= 0.6 is 11.6 Å². The molecule has 0 aliphatic rings. The number of likely N-dealkylation sites (N-methyl/N-ethyl adjacent to an activating group) is 1. The third-order valence-corrected chi connectivity index (χ3v) is 4.28. The first kappa shape index (κ1) is 17.9. The molecular formula is C18H17ClN2O5. The smallest absolute Gasteiger partial charge is 0.420 e. The molecule has 1 amide bonds. The lowest BCUT2D eigenvalue weighted by molar-refractivity contribution is -0.118. The van der Waals surface area contributed by atoms with Crippen LogP contribution in [0.25, 0.3) is 11.1 Å². The molecule has 136 valence electrons. The number of oxazole rings is 1. The maximum atomic E-state index is 12.7. The Kier molecular flexibility index (Phi) is 4.90. The van der Waals surface area contributed by atoms with Crippen molar-refractivity contribution < 1.29 is 18.7 Å². The summed E-state index contributed by atoms with van der Waals surface area (Å²) >= 11 is 5.90. The van der Waals surface area contributed by atoms with E-state index in [0.717, 1.165) is 0 Å². The van der Waals surface area contributed by atoms with Crippen molar-refractivity contribution in [1.82, 2.24) is 4.57 Å². The van der Waals surface area contributed by atoms with Gasteiger partial charge in [0.2, 0.25) is 5.91 Å². The van der Waals surface area contributed by atoms with E-state index in [1.165, 1.54) is 22.6 Å². The standard InChI is InChI=1S/C18H17ClN2O5/c1-20(13-7-5-12(24-2)9-15(13)25-3)17(22)10-21-14-6-4-11(19)8-16(14)26-18(21)23/h4-9H,10H2,1-3H3. The van der Waals surface area contributed by atoms with E-state index in [1.54, 1.807) is 44.5 Å². The molecule has 3 rings (SSSR count). The van der Waals surface area contributed by atoms with Gasteiger partial charge in [0.15, 0.2) is 5.58 Å². The number of anilines is 1. The summed E-state index contributed by atoms with van der Waals surface area (Å²) in [5, 5.41) is 0.449. The molecule has 0 saturated heterocycles. The Balaban J connectivity index is 1.91. The van der Waals surface area contributed by atoms with Crippen molar-refractivity contribution in [3.8, 4) is 11.5 Å². The van der Waals surface area contributed by atoms with Crippen molar-refractivity contribution in [3.05, 3.63) is 52.0 Å². The van der Waals surface area contributed by atoms with Gasteiger partial charge in [0, 0.05) is 24.2 Å². The van der Waals surface area contributed by atoms with E-state index < -0.39 is 5.76 Å². The molecular weight excluding hydrogens is 360 g/mol. The van der Waals surface area contributed by atoms with Crippen molar-refractivity contribution >= 4 is 34.3 Å². The lowest BCUT2D eigenvalue weighted by atomic mass is 10.2. The number of aromatic nitrogens is 1. The molecule has 0 spiro atoms. The van der Waals surface area contributed by atoms with E-state index in [0.29, 0.717) is 33.3 Å². The quantitative estimate of drug-likeness (QED) is 0.684. The SMILES string of the molecule is COc1ccc(N(C)C(=O)Cn2c(=O)oc3cc(Cl)ccc32)c(OC)c1. The number of hydrogen-bond donors (Lipinski definition) is 0. The molecule has 0 radical (unpaired) electrons. The summed E-state index contributed by atoms with van der Waals surface area (Å²) in [6.45, 7) is -0.181. The first-order valence-electron chi connectivity index (χ1n) is 7.72. The van der Waals surface area contributed by atoms with Crippen LogP contribution in [0.3, 0.4) is 0 Å². The number of carbonyl (C=O) groups is 1. The summed E-state index contributed by atoms with van der Waals surface area (Å²) in [7, 11) is 4.66. The van der Waals surface area contributed by atoms with E-state index >= 15 is 0 Å². The van der Waals surface area contributed by atoms with Crippen LogP contribution in [0.5, 0.6) is 11.5 Å². The number of amides is 1. The van der Waals surface area contributed by atoms with Gasteiger partial charge in [-0.05, 0) is 24.3 Å². The molecule has 0 aliphatic carbocycles. The maximum absolute atomic E-state index is 12.7. The molecule has 3 aromatic rings. The second kappa shape index (κ2) is 7.13. The number of hydrogen-bond acceptors (Lipinski definition) is 5. The first-order chi connectivity index (χ1) is 12.4. The Morgan fingerprint density at radius 3 is 2.65 bits per heavy atom. The largest absolute Gasteiger partial charge is 0.497 e. The Labute approximate surface area is 154 Å². The fraction of sp³-hybridized carbons (Fsp3) is 0.222. The van der Waals surface area contributed by atoms with E-state index in [2.05, 4.69) is 0 Å². The Morgan fingerprint density at radius 2 is 1.96 bits per heavy atom. The van der Waals surface area contributed by atoms with Crippen LogP contribution in [-0.4, -0.2) is 31.7 Å². The van der Waals surface area contributed by atoms with Crippen molar-refractivity contribution in [2.45, 2.75) is 6.54 Å². The highest BCUT2D eigenvalue weighted by molar-refractivity contribution is 6.31. The number of rotatable bonds is 5. The average Bonchev–Trinajstić information content (AvgIpc) is 2.94. The Morgan fingerprint density at radius 1 is 1.19 bits per heavy atom. The van der Waals surface area contributed by atoms with Gasteiger partial charge in [-0.15, -0.1) is 0 Å². The molecule has 1 heterocycles. The van der Waals surface area contributed by atoms with Gasteiger partial charge in [-0.25, -0.2) is 4.79 Å². The lowest BCUT2D eigenvalue weighted by Crippen LogP contribution is -2.32. The average molecular weight is 377 g/mol. The molecule has 0 N–H and O–H groups in total. The zero-order valence-electron chi connectivity index (χ0n) is 14.5. The molecule has 2 aromatic carbocycles. The molecule has 0 saturated carbocycles. The molecule has 0 unspecified atom stereocenters. The Hall–Kier alpha value is -2.93. The zero-order chi connectivity index (χ0) is 18.8. The van der Waals surface area contributed by atoms with Gasteiger partial charge >= 0.3 is 5.76 Å². The number of ether oxygens (including phenoxy) is 2. The molecule has 26 heavy (non-hydrogen) atoms. The van der Waals surface area contributed by atoms with Gasteiger partial charge in [0.05, 0.1) is 25.4 Å². The van der Waals surface area contributed by atoms with Crippen LogP contribution in [0.15, 0.2) is 45.6 Å². The highest BCUT2D eigenvalue weighted by Gasteiger charge is 2.19. The molecule has 0 aliphatic heterocycles. The highest BCUT2D eigenvalue weighted by atomic mass is 35.5. The van der Waals surface area contributed by atoms with E-state index in [9.17, 15) is 9.59 Å². The van der Waals surface area contributed by atoms with E-state index in [-0.39, 0.29) is 12.5 Å². The van der Waals surface area contributed by atoms with Crippen molar-refractivity contribution in [2.24, 2.45) is 0 Å². The fourth-order valence-corrected chi connectivity index (χ4v) is 2.79. The second-order valence-corrected chi connectivity index (χ2v) is 5.99. The number of methoxy groups -OCH3 is 2. The van der Waals surface area contributed by atoms with Crippen LogP contribution in [0.4, 0.5) is 5.69 Å². The molecule has 1 aromatic heterocycles. The third-order valence-electron chi connectivity index (χ3n) is 4.05. The lowest BCUT2D eigenvalue weighted by Gasteiger charge is -2.20. The first-order valence-corrected chi connectivity index (χ1v) is 8.10. The van der Waals surface area contributed by atoms with Crippen molar-refractivity contribution in [3.63, 3.8) is 0 Å². The predicted octanol–water partition coefficient (Wildman–Crippen LogP) is 2.93. The minimum Gasteiger partial charge on any atom is -0.497 e. The van der Waals surface area contributed by atoms with Gasteiger partial charge in [0.25, 0.3) is 0 Å². The summed E-state index contributed by atoms with van der Waals surface area (Å²) < 4.78 is 16.9. The molecule has 7 nitrogen and oxygen atoms in total. The van der Waals surface area contributed by atoms with Crippen LogP contribution in [0.1, 0.15) is 0 Å². The number of nitrogens with zero attached hydrogens (tertiary/aromatic N) is 2. The zero-order valence-corrected chi connectivity index (χ0v) is 15.2. The van der Waals surface area contributed by atoms with Gasteiger partial charge in [0.1, 0.15) is 18.0 Å². The number of fused-ring (bicyclic) bond motifs is 1. The molecule has 8 heteroatoms. The number of halogens is 1. The fourth-order valence-electron chi connectivity index (χ4n) is 2.63. The molecule has 0 bridgehead atoms. The maximum Gasteiger partial charge on any atom is 0.420 e. The minimum absolute atomic E-state index is 0.181. The summed E-state index contributed by atoms with van der Waals surface area (Å²) in [5.74, 6) is 0.163. The minimum atomic E-state index is -0.620. The molecule has 0 fully saturated rings. The topological polar surface area (TPSA) is 73.9 Å². The Bertz CT molecular complexity index is 1020. The van der Waals surface area contributed by atoms with Gasteiger partial charge in [-0.3, -0.25) is 9.36 Å². The number of carbonyl (C=O) groups excluding carboxylic acids is 1. The second-order valence-electron chi connectivity index (χ2n) is 5.56. The van der Waals surface area contributed by atoms with Crippen molar-refractivity contribution in [1.29, 1.82) is 0 Å². The van der Waals surface area contributed by atoms with Crippen LogP contribution in [-0.2, 0) is 11.3 Å². The van der Waals surface area contributed by atoms with E-state index in [1.807, 2.05) is 0 Å². The summed E-state index contributed by atoms with van der Waals surface area (Å²) in [6, 6.07) is 9.94. The normalized spacial score (nSPS) is 10.8. The van der Waals surface area contributed by atoms with Crippen LogP contribution < -0.4 is 20.1 Å². The summed E-state index contributed by atoms with van der Waals surface area (Å²) in [4.78, 5) is 26.2. The highest BCUT2D eigenvalue weighted by Crippen LogP contribution is 2.31. The van der Waals surface area contributed by atoms with Crippen LogP contribution in [0, 0.1) is 0 Å². The van der Waals surface area contributed by atoms with Gasteiger partial charge in [-0.2, -0.15) is 0 Å². The van der Waals surface area contributed by atoms with Crippen LogP contribution in [0.2, 0.25) is 5.02 Å². The summed E-state index contributed by atoms with van der Waals surface area (Å²) in [6.07, 6.45) is 0. The predicted molar refractivity (Wildman–Crippen MR) is 98.4 cm³/mol.